The average molecular weight is 208 g/mol. The summed E-state index contributed by atoms with van der Waals surface area (Å²) in [5.74, 6) is -3.55. The van der Waals surface area contributed by atoms with Gasteiger partial charge in [0.15, 0.2) is 0 Å². The minimum atomic E-state index is -3.00. The summed E-state index contributed by atoms with van der Waals surface area (Å²) < 4.78 is 25.2. The molecule has 0 aromatic heterocycles. The van der Waals surface area contributed by atoms with Crippen molar-refractivity contribution in [3.8, 4) is 0 Å². The van der Waals surface area contributed by atoms with E-state index in [2.05, 4.69) is 5.32 Å². The van der Waals surface area contributed by atoms with E-state index >= 15 is 0 Å². The summed E-state index contributed by atoms with van der Waals surface area (Å²) >= 11 is 0. The first kappa shape index (κ1) is 13.3. The highest BCUT2D eigenvalue weighted by molar-refractivity contribution is 5.78. The summed E-state index contributed by atoms with van der Waals surface area (Å²) in [6.07, 6.45) is 1.57. The molecule has 0 bridgehead atoms. The normalized spacial score (nSPS) is 13.8. The van der Waals surface area contributed by atoms with E-state index in [0.717, 1.165) is 6.42 Å². The zero-order valence-electron chi connectivity index (χ0n) is 8.65. The van der Waals surface area contributed by atoms with Crippen LogP contribution in [0.5, 0.6) is 0 Å². The lowest BCUT2D eigenvalue weighted by Crippen LogP contribution is -2.43. The summed E-state index contributed by atoms with van der Waals surface area (Å²) in [5.41, 5.74) is 4.83. The maximum atomic E-state index is 12.6. The number of alkyl halides is 2. The first-order valence-electron chi connectivity index (χ1n) is 4.78. The molecule has 0 heterocycles. The summed E-state index contributed by atoms with van der Waals surface area (Å²) in [4.78, 5) is 11.2. The zero-order chi connectivity index (χ0) is 11.2. The van der Waals surface area contributed by atoms with Crippen molar-refractivity contribution in [2.75, 3.05) is 13.1 Å². The van der Waals surface area contributed by atoms with Gasteiger partial charge in [-0.25, -0.2) is 8.78 Å². The molecule has 0 aromatic carbocycles. The van der Waals surface area contributed by atoms with Crippen LogP contribution in [0.25, 0.3) is 0 Å². The smallest absolute Gasteiger partial charge is 0.277 e. The molecule has 0 fully saturated rings. The zero-order valence-corrected chi connectivity index (χ0v) is 8.65. The first-order chi connectivity index (χ1) is 6.43. The second kappa shape index (κ2) is 5.90. The van der Waals surface area contributed by atoms with Crippen LogP contribution in [0.1, 0.15) is 26.7 Å². The van der Waals surface area contributed by atoms with E-state index in [1.165, 1.54) is 0 Å². The molecule has 0 saturated carbocycles. The van der Waals surface area contributed by atoms with Crippen molar-refractivity contribution in [2.24, 2.45) is 11.7 Å². The van der Waals surface area contributed by atoms with Crippen molar-refractivity contribution in [1.29, 1.82) is 0 Å². The van der Waals surface area contributed by atoms with Gasteiger partial charge in [0.25, 0.3) is 5.92 Å². The Balaban J connectivity index is 3.84. The monoisotopic (exact) mass is 208 g/mol. The number of amides is 1. The van der Waals surface area contributed by atoms with E-state index in [1.807, 2.05) is 6.92 Å². The van der Waals surface area contributed by atoms with Crippen LogP contribution in [0, 0.1) is 5.92 Å². The van der Waals surface area contributed by atoms with Crippen LogP contribution < -0.4 is 11.1 Å². The molecule has 0 aliphatic carbocycles. The third kappa shape index (κ3) is 5.11. The van der Waals surface area contributed by atoms with Crippen LogP contribution in [-0.4, -0.2) is 24.9 Å². The molecule has 3 N–H and O–H groups in total. The van der Waals surface area contributed by atoms with Crippen LogP contribution in [-0.2, 0) is 4.79 Å². The van der Waals surface area contributed by atoms with Gasteiger partial charge in [-0.3, -0.25) is 4.79 Å². The number of nitrogens with one attached hydrogen (secondary N) is 1. The Morgan fingerprint density at radius 1 is 1.57 bits per heavy atom. The van der Waals surface area contributed by atoms with Gasteiger partial charge < -0.3 is 11.1 Å². The van der Waals surface area contributed by atoms with Gasteiger partial charge in [-0.1, -0.05) is 20.3 Å². The van der Waals surface area contributed by atoms with Gasteiger partial charge in [0, 0.05) is 5.92 Å². The first-order valence-corrected chi connectivity index (χ1v) is 4.78. The topological polar surface area (TPSA) is 55.1 Å². The van der Waals surface area contributed by atoms with Crippen molar-refractivity contribution < 1.29 is 13.6 Å². The van der Waals surface area contributed by atoms with Crippen molar-refractivity contribution in [2.45, 2.75) is 32.6 Å². The number of nitrogens with two attached hydrogens (primary N) is 1. The molecule has 0 aliphatic rings. The molecule has 1 unspecified atom stereocenters. The molecular weight excluding hydrogens is 190 g/mol. The largest absolute Gasteiger partial charge is 0.350 e. The Labute approximate surface area is 83.0 Å². The third-order valence-corrected chi connectivity index (χ3v) is 1.99. The van der Waals surface area contributed by atoms with Gasteiger partial charge >= 0.3 is 0 Å². The number of hydrogen-bond acceptors (Lipinski definition) is 2. The number of halogens is 2. The Bertz CT molecular complexity index is 186. The Hall–Kier alpha value is -0.710. The summed E-state index contributed by atoms with van der Waals surface area (Å²) in [6.45, 7) is 2.25. The molecule has 0 radical (unpaired) electrons. The summed E-state index contributed by atoms with van der Waals surface area (Å²) in [7, 11) is 0. The maximum Gasteiger partial charge on any atom is 0.277 e. The predicted molar refractivity (Wildman–Crippen MR) is 51.1 cm³/mol. The summed E-state index contributed by atoms with van der Waals surface area (Å²) in [5, 5.41) is 2.19. The van der Waals surface area contributed by atoms with Crippen LogP contribution in [0.4, 0.5) is 8.78 Å². The second-order valence-electron chi connectivity index (χ2n) is 3.47. The van der Waals surface area contributed by atoms with Gasteiger partial charge in [-0.15, -0.1) is 0 Å². The quantitative estimate of drug-likeness (QED) is 0.687. The minimum Gasteiger partial charge on any atom is -0.350 e. The van der Waals surface area contributed by atoms with Gasteiger partial charge in [-0.2, -0.15) is 0 Å². The number of carbonyl (C=O) groups is 1. The SMILES string of the molecule is CCCC(C)C(=O)NCC(F)(F)CN. The Kier molecular flexibility index (Phi) is 5.60. The molecule has 0 aromatic rings. The predicted octanol–water partition coefficient (Wildman–Crippen LogP) is 1.13. The standard InChI is InChI=1S/C9H18F2N2O/c1-3-4-7(2)8(14)13-6-9(10,11)5-12/h7H,3-6,12H2,1-2H3,(H,13,14). The number of carbonyl (C=O) groups excluding carboxylic acids is 1. The molecule has 0 spiro atoms. The minimum absolute atomic E-state index is 0.214. The Morgan fingerprint density at radius 3 is 2.57 bits per heavy atom. The van der Waals surface area contributed by atoms with Gasteiger partial charge in [0.05, 0.1) is 13.1 Å². The molecule has 1 atom stereocenters. The molecule has 0 saturated heterocycles. The van der Waals surface area contributed by atoms with E-state index in [-0.39, 0.29) is 11.8 Å². The molecule has 0 rings (SSSR count). The molecule has 14 heavy (non-hydrogen) atoms. The van der Waals surface area contributed by atoms with E-state index in [1.54, 1.807) is 6.92 Å². The van der Waals surface area contributed by atoms with E-state index in [9.17, 15) is 13.6 Å². The maximum absolute atomic E-state index is 12.6. The highest BCUT2D eigenvalue weighted by Crippen LogP contribution is 2.10. The van der Waals surface area contributed by atoms with Crippen molar-refractivity contribution in [3.05, 3.63) is 0 Å². The fourth-order valence-corrected chi connectivity index (χ4v) is 1.03. The third-order valence-electron chi connectivity index (χ3n) is 1.99. The van der Waals surface area contributed by atoms with Crippen molar-refractivity contribution in [1.82, 2.24) is 5.32 Å². The lowest BCUT2D eigenvalue weighted by atomic mass is 10.1. The second-order valence-corrected chi connectivity index (χ2v) is 3.47. The number of rotatable bonds is 6. The van der Waals surface area contributed by atoms with Gasteiger partial charge in [-0.05, 0) is 6.42 Å². The lowest BCUT2D eigenvalue weighted by molar-refractivity contribution is -0.126. The molecular formula is C9H18F2N2O. The van der Waals surface area contributed by atoms with E-state index in [4.69, 9.17) is 5.73 Å². The number of hydrogen-bond donors (Lipinski definition) is 2. The van der Waals surface area contributed by atoms with E-state index in [0.29, 0.717) is 6.42 Å². The lowest BCUT2D eigenvalue weighted by Gasteiger charge is -2.16. The molecule has 84 valence electrons. The molecule has 5 heteroatoms. The Morgan fingerprint density at radius 2 is 2.14 bits per heavy atom. The van der Waals surface area contributed by atoms with Crippen LogP contribution in [0.3, 0.4) is 0 Å². The van der Waals surface area contributed by atoms with Gasteiger partial charge in [0.1, 0.15) is 0 Å². The highest BCUT2D eigenvalue weighted by Gasteiger charge is 2.27. The van der Waals surface area contributed by atoms with E-state index < -0.39 is 19.0 Å². The fraction of sp³-hybridized carbons (Fsp3) is 0.889. The molecule has 3 nitrogen and oxygen atoms in total. The van der Waals surface area contributed by atoms with Crippen LogP contribution in [0.15, 0.2) is 0 Å². The van der Waals surface area contributed by atoms with Crippen LogP contribution >= 0.6 is 0 Å². The van der Waals surface area contributed by atoms with Gasteiger partial charge in [0.2, 0.25) is 5.91 Å². The molecule has 0 aliphatic heterocycles. The molecule has 1 amide bonds. The van der Waals surface area contributed by atoms with Crippen LogP contribution in [0.2, 0.25) is 0 Å². The van der Waals surface area contributed by atoms with Crippen molar-refractivity contribution in [3.63, 3.8) is 0 Å². The highest BCUT2D eigenvalue weighted by atomic mass is 19.3. The summed E-state index contributed by atoms with van der Waals surface area (Å²) in [6, 6.07) is 0. The fourth-order valence-electron chi connectivity index (χ4n) is 1.03. The average Bonchev–Trinajstić information content (AvgIpc) is 2.15. The van der Waals surface area contributed by atoms with Crippen molar-refractivity contribution >= 4 is 5.91 Å².